The maximum atomic E-state index is 13.7. The van der Waals surface area contributed by atoms with Crippen molar-refractivity contribution in [3.8, 4) is 11.8 Å². The van der Waals surface area contributed by atoms with E-state index in [4.69, 9.17) is 14.7 Å². The first-order chi connectivity index (χ1) is 8.72. The smallest absolute Gasteiger partial charge is 0.166 e. The molecule has 4 heteroatoms. The van der Waals surface area contributed by atoms with Crippen molar-refractivity contribution in [2.75, 3.05) is 7.11 Å². The molecule has 1 aliphatic carbocycles. The van der Waals surface area contributed by atoms with Crippen LogP contribution < -0.4 is 4.74 Å². The first-order valence-electron chi connectivity index (χ1n) is 6.12. The largest absolute Gasteiger partial charge is 0.487 e. The predicted octanol–water partition coefficient (Wildman–Crippen LogP) is 3.03. The summed E-state index contributed by atoms with van der Waals surface area (Å²) in [5.41, 5.74) is 0.304. The Morgan fingerprint density at radius 2 is 2.11 bits per heavy atom. The quantitative estimate of drug-likeness (QED) is 0.826. The average molecular weight is 249 g/mol. The molecule has 0 aromatic heterocycles. The van der Waals surface area contributed by atoms with Crippen molar-refractivity contribution in [2.24, 2.45) is 0 Å². The van der Waals surface area contributed by atoms with Gasteiger partial charge in [0, 0.05) is 13.5 Å². The van der Waals surface area contributed by atoms with Crippen LogP contribution >= 0.6 is 0 Å². The molecule has 1 saturated carbocycles. The molecule has 2 rings (SSSR count). The second-order valence-electron chi connectivity index (χ2n) is 4.52. The van der Waals surface area contributed by atoms with Crippen LogP contribution in [-0.4, -0.2) is 19.3 Å². The summed E-state index contributed by atoms with van der Waals surface area (Å²) >= 11 is 0. The van der Waals surface area contributed by atoms with Gasteiger partial charge >= 0.3 is 0 Å². The van der Waals surface area contributed by atoms with Gasteiger partial charge in [0.15, 0.2) is 11.6 Å². The van der Waals surface area contributed by atoms with Gasteiger partial charge in [-0.1, -0.05) is 0 Å². The first kappa shape index (κ1) is 12.8. The fraction of sp³-hybridized carbons (Fsp3) is 0.500. The molecule has 2 unspecified atom stereocenters. The highest BCUT2D eigenvalue weighted by Crippen LogP contribution is 2.27. The van der Waals surface area contributed by atoms with Gasteiger partial charge in [-0.2, -0.15) is 5.26 Å². The van der Waals surface area contributed by atoms with E-state index in [1.807, 2.05) is 6.07 Å². The van der Waals surface area contributed by atoms with E-state index in [0.29, 0.717) is 5.56 Å². The maximum absolute atomic E-state index is 13.7. The zero-order valence-corrected chi connectivity index (χ0v) is 10.4. The SMILES string of the molecule is COC1CCCC(Oc2ccc(C#N)cc2F)C1. The van der Waals surface area contributed by atoms with Gasteiger partial charge in [0.25, 0.3) is 0 Å². The number of halogens is 1. The van der Waals surface area contributed by atoms with Gasteiger partial charge in [0.2, 0.25) is 0 Å². The first-order valence-corrected chi connectivity index (χ1v) is 6.12. The minimum absolute atomic E-state index is 0.00821. The topological polar surface area (TPSA) is 42.2 Å². The number of benzene rings is 1. The molecule has 0 N–H and O–H groups in total. The molecule has 0 bridgehead atoms. The molecule has 1 fully saturated rings. The molecule has 96 valence electrons. The highest BCUT2D eigenvalue weighted by Gasteiger charge is 2.23. The van der Waals surface area contributed by atoms with Crippen LogP contribution in [0, 0.1) is 17.1 Å². The Labute approximate surface area is 106 Å². The maximum Gasteiger partial charge on any atom is 0.166 e. The number of hydrogen-bond acceptors (Lipinski definition) is 3. The minimum atomic E-state index is -0.478. The van der Waals surface area contributed by atoms with Crippen LogP contribution in [-0.2, 0) is 4.74 Å². The van der Waals surface area contributed by atoms with Gasteiger partial charge in [-0.15, -0.1) is 0 Å². The Hall–Kier alpha value is -1.60. The second kappa shape index (κ2) is 5.83. The number of nitriles is 1. The molecule has 1 aliphatic rings. The lowest BCUT2D eigenvalue weighted by Crippen LogP contribution is -2.29. The molecule has 2 atom stereocenters. The predicted molar refractivity (Wildman–Crippen MR) is 64.8 cm³/mol. The van der Waals surface area contributed by atoms with Crippen molar-refractivity contribution in [1.29, 1.82) is 5.26 Å². The van der Waals surface area contributed by atoms with Crippen LogP contribution in [0.25, 0.3) is 0 Å². The molecule has 0 heterocycles. The Balaban J connectivity index is 2.03. The lowest BCUT2D eigenvalue weighted by Gasteiger charge is -2.28. The minimum Gasteiger partial charge on any atom is -0.487 e. The van der Waals surface area contributed by atoms with Crippen LogP contribution in [0.2, 0.25) is 0 Å². The third kappa shape index (κ3) is 2.99. The van der Waals surface area contributed by atoms with Gasteiger partial charge < -0.3 is 9.47 Å². The molecule has 0 aliphatic heterocycles. The zero-order chi connectivity index (χ0) is 13.0. The van der Waals surface area contributed by atoms with Gasteiger partial charge in [-0.05, 0) is 37.5 Å². The Morgan fingerprint density at radius 3 is 2.78 bits per heavy atom. The summed E-state index contributed by atoms with van der Waals surface area (Å²) in [4.78, 5) is 0. The molecular weight excluding hydrogens is 233 g/mol. The van der Waals surface area contributed by atoms with E-state index >= 15 is 0 Å². The summed E-state index contributed by atoms with van der Waals surface area (Å²) < 4.78 is 24.6. The standard InChI is InChI=1S/C14H16FNO2/c1-17-11-3-2-4-12(8-11)18-14-6-5-10(9-16)7-13(14)15/h5-7,11-12H,2-4,8H2,1H3. The lowest BCUT2D eigenvalue weighted by atomic mass is 9.95. The van der Waals surface area contributed by atoms with Crippen LogP contribution in [0.15, 0.2) is 18.2 Å². The zero-order valence-electron chi connectivity index (χ0n) is 10.4. The summed E-state index contributed by atoms with van der Waals surface area (Å²) in [5.74, 6) is -0.260. The van der Waals surface area contributed by atoms with Crippen LogP contribution in [0.3, 0.4) is 0 Å². The summed E-state index contributed by atoms with van der Waals surface area (Å²) in [6.07, 6.45) is 3.96. The number of ether oxygens (including phenoxy) is 2. The summed E-state index contributed by atoms with van der Waals surface area (Å²) in [7, 11) is 1.69. The number of methoxy groups -OCH3 is 1. The van der Waals surface area contributed by atoms with Crippen molar-refractivity contribution >= 4 is 0 Å². The Morgan fingerprint density at radius 1 is 1.33 bits per heavy atom. The van der Waals surface area contributed by atoms with E-state index in [0.717, 1.165) is 25.7 Å². The van der Waals surface area contributed by atoms with Crippen LogP contribution in [0.5, 0.6) is 5.75 Å². The molecule has 3 nitrogen and oxygen atoms in total. The molecule has 0 spiro atoms. The van der Waals surface area contributed by atoms with Crippen molar-refractivity contribution in [1.82, 2.24) is 0 Å². The van der Waals surface area contributed by atoms with E-state index in [-0.39, 0.29) is 18.0 Å². The van der Waals surface area contributed by atoms with Crippen LogP contribution in [0.4, 0.5) is 4.39 Å². The summed E-state index contributed by atoms with van der Waals surface area (Å²) in [5, 5.41) is 8.67. The van der Waals surface area contributed by atoms with Crippen molar-refractivity contribution in [2.45, 2.75) is 37.9 Å². The second-order valence-corrected chi connectivity index (χ2v) is 4.52. The van der Waals surface area contributed by atoms with E-state index in [2.05, 4.69) is 0 Å². The lowest BCUT2D eigenvalue weighted by molar-refractivity contribution is 0.0197. The third-order valence-corrected chi connectivity index (χ3v) is 3.27. The van der Waals surface area contributed by atoms with E-state index < -0.39 is 5.82 Å². The Bertz CT molecular complexity index is 456. The third-order valence-electron chi connectivity index (χ3n) is 3.27. The number of rotatable bonds is 3. The normalized spacial score (nSPS) is 23.4. The fourth-order valence-electron chi connectivity index (χ4n) is 2.27. The summed E-state index contributed by atoms with van der Waals surface area (Å²) in [6, 6.07) is 6.18. The van der Waals surface area contributed by atoms with Crippen molar-refractivity contribution in [3.05, 3.63) is 29.6 Å². The fourth-order valence-corrected chi connectivity index (χ4v) is 2.27. The van der Waals surface area contributed by atoms with Gasteiger partial charge in [-0.3, -0.25) is 0 Å². The molecule has 1 aromatic rings. The highest BCUT2D eigenvalue weighted by atomic mass is 19.1. The van der Waals surface area contributed by atoms with Gasteiger partial charge in [0.05, 0.1) is 17.7 Å². The van der Waals surface area contributed by atoms with Crippen molar-refractivity contribution in [3.63, 3.8) is 0 Å². The van der Waals surface area contributed by atoms with Gasteiger partial charge in [0.1, 0.15) is 6.10 Å². The molecule has 0 amide bonds. The molecule has 0 radical (unpaired) electrons. The average Bonchev–Trinajstić information content (AvgIpc) is 2.41. The summed E-state index contributed by atoms with van der Waals surface area (Å²) in [6.45, 7) is 0. The molecule has 0 saturated heterocycles. The Kier molecular flexibility index (Phi) is 4.16. The molecule has 1 aromatic carbocycles. The van der Waals surface area contributed by atoms with E-state index in [9.17, 15) is 4.39 Å². The van der Waals surface area contributed by atoms with Crippen LogP contribution in [0.1, 0.15) is 31.2 Å². The molecular formula is C14H16FNO2. The van der Waals surface area contributed by atoms with Gasteiger partial charge in [-0.25, -0.2) is 4.39 Å². The van der Waals surface area contributed by atoms with E-state index in [1.54, 1.807) is 13.2 Å². The number of hydrogen-bond donors (Lipinski definition) is 0. The molecule has 18 heavy (non-hydrogen) atoms. The number of nitrogens with zero attached hydrogens (tertiary/aromatic N) is 1. The highest BCUT2D eigenvalue weighted by molar-refractivity contribution is 5.36. The van der Waals surface area contributed by atoms with E-state index in [1.165, 1.54) is 12.1 Å². The van der Waals surface area contributed by atoms with Crippen molar-refractivity contribution < 1.29 is 13.9 Å². The monoisotopic (exact) mass is 249 g/mol.